The van der Waals surface area contributed by atoms with Crippen molar-refractivity contribution in [2.45, 2.75) is 31.8 Å². The van der Waals surface area contributed by atoms with Crippen molar-refractivity contribution in [3.63, 3.8) is 0 Å². The molecule has 0 radical (unpaired) electrons. The number of anilines is 1. The Bertz CT molecular complexity index is 844. The number of piperidine rings is 3. The van der Waals surface area contributed by atoms with Gasteiger partial charge >= 0.3 is 0 Å². The van der Waals surface area contributed by atoms with Gasteiger partial charge in [-0.25, -0.2) is 0 Å². The Labute approximate surface area is 164 Å². The number of aromatic nitrogens is 1. The molecule has 4 aliphatic heterocycles. The zero-order valence-corrected chi connectivity index (χ0v) is 16.6. The molecule has 144 valence electrons. The summed E-state index contributed by atoms with van der Waals surface area (Å²) in [5.74, 6) is 0.619. The molecule has 7 heteroatoms. The monoisotopic (exact) mass is 385 g/mol. The predicted molar refractivity (Wildman–Crippen MR) is 110 cm³/mol. The van der Waals surface area contributed by atoms with E-state index in [1.165, 1.54) is 43.2 Å². The van der Waals surface area contributed by atoms with Crippen LogP contribution in [0.5, 0.6) is 0 Å². The summed E-state index contributed by atoms with van der Waals surface area (Å²) >= 11 is 1.44. The summed E-state index contributed by atoms with van der Waals surface area (Å²) in [5, 5.41) is 7.73. The van der Waals surface area contributed by atoms with Gasteiger partial charge in [-0.05, 0) is 68.5 Å². The Morgan fingerprint density at radius 2 is 2.11 bits per heavy atom. The van der Waals surface area contributed by atoms with E-state index in [2.05, 4.69) is 49.9 Å². The summed E-state index contributed by atoms with van der Waals surface area (Å²) in [4.78, 5) is 17.8. The number of carbonyl (C=O) groups is 1. The summed E-state index contributed by atoms with van der Waals surface area (Å²) in [6.45, 7) is 8.61. The van der Waals surface area contributed by atoms with E-state index in [0.717, 1.165) is 36.3 Å². The molecule has 1 unspecified atom stereocenters. The molecule has 5 heterocycles. The first-order chi connectivity index (χ1) is 13.2. The summed E-state index contributed by atoms with van der Waals surface area (Å²) in [6.07, 6.45) is 2.41. The zero-order valence-electron chi connectivity index (χ0n) is 15.8. The lowest BCUT2D eigenvalue weighted by Gasteiger charge is -2.44. The van der Waals surface area contributed by atoms with Gasteiger partial charge in [-0.15, -0.1) is 0 Å². The molecule has 0 spiro atoms. The molecule has 4 fully saturated rings. The molecule has 1 amide bonds. The van der Waals surface area contributed by atoms with Gasteiger partial charge in [-0.2, -0.15) is 4.37 Å². The Kier molecular flexibility index (Phi) is 4.53. The first-order valence-electron chi connectivity index (χ1n) is 10.1. The molecular weight excluding hydrogens is 358 g/mol. The first-order valence-corrected chi connectivity index (χ1v) is 10.9. The highest BCUT2D eigenvalue weighted by Gasteiger charge is 2.35. The van der Waals surface area contributed by atoms with Crippen LogP contribution in [0.15, 0.2) is 18.2 Å². The van der Waals surface area contributed by atoms with Crippen molar-refractivity contribution in [2.75, 3.05) is 44.2 Å². The van der Waals surface area contributed by atoms with Crippen LogP contribution in [0.4, 0.5) is 5.69 Å². The summed E-state index contributed by atoms with van der Waals surface area (Å²) in [5.41, 5.74) is 1.82. The van der Waals surface area contributed by atoms with E-state index in [4.69, 9.17) is 0 Å². The topological polar surface area (TPSA) is 60.5 Å². The summed E-state index contributed by atoms with van der Waals surface area (Å²) in [7, 11) is 0. The van der Waals surface area contributed by atoms with E-state index < -0.39 is 0 Å². The number of carbonyl (C=O) groups excluding carboxylic acids is 1. The Hall–Kier alpha value is -1.70. The SMILES string of the molecule is CC1CN(c2ccc3c(C(=O)N[C@H]4CN5CCC4CC5)nsc3c2)CCN1. The third-order valence-electron chi connectivity index (χ3n) is 6.38. The Morgan fingerprint density at radius 1 is 1.26 bits per heavy atom. The van der Waals surface area contributed by atoms with Crippen LogP contribution in [0.25, 0.3) is 10.1 Å². The Balaban J connectivity index is 1.34. The molecule has 27 heavy (non-hydrogen) atoms. The molecule has 2 N–H and O–H groups in total. The van der Waals surface area contributed by atoms with Gasteiger partial charge in [-0.1, -0.05) is 0 Å². The van der Waals surface area contributed by atoms with Crippen molar-refractivity contribution < 1.29 is 4.79 Å². The zero-order chi connectivity index (χ0) is 18.4. The minimum absolute atomic E-state index is 0.0106. The molecule has 2 aromatic rings. The van der Waals surface area contributed by atoms with Gasteiger partial charge in [0.05, 0.1) is 4.70 Å². The van der Waals surface area contributed by atoms with E-state index in [9.17, 15) is 4.79 Å². The van der Waals surface area contributed by atoms with Crippen molar-refractivity contribution in [3.05, 3.63) is 23.9 Å². The van der Waals surface area contributed by atoms with Crippen molar-refractivity contribution in [2.24, 2.45) is 5.92 Å². The quantitative estimate of drug-likeness (QED) is 0.845. The number of rotatable bonds is 3. The molecule has 0 aliphatic carbocycles. The summed E-state index contributed by atoms with van der Waals surface area (Å²) in [6, 6.07) is 7.18. The van der Waals surface area contributed by atoms with E-state index in [-0.39, 0.29) is 11.9 Å². The Morgan fingerprint density at radius 3 is 2.85 bits per heavy atom. The number of hydrogen-bond acceptors (Lipinski definition) is 6. The number of nitrogens with one attached hydrogen (secondary N) is 2. The fourth-order valence-electron chi connectivity index (χ4n) is 4.82. The van der Waals surface area contributed by atoms with E-state index in [1.54, 1.807) is 0 Å². The highest BCUT2D eigenvalue weighted by Crippen LogP contribution is 2.30. The largest absolute Gasteiger partial charge is 0.369 e. The number of fused-ring (bicyclic) bond motifs is 4. The van der Waals surface area contributed by atoms with Crippen molar-refractivity contribution >= 4 is 33.2 Å². The van der Waals surface area contributed by atoms with Gasteiger partial charge in [0.25, 0.3) is 5.91 Å². The fourth-order valence-corrected chi connectivity index (χ4v) is 5.63. The molecule has 0 saturated carbocycles. The van der Waals surface area contributed by atoms with Crippen LogP contribution in [-0.4, -0.2) is 66.5 Å². The maximum Gasteiger partial charge on any atom is 0.271 e. The van der Waals surface area contributed by atoms with Crippen LogP contribution in [0.1, 0.15) is 30.3 Å². The van der Waals surface area contributed by atoms with Crippen LogP contribution in [0, 0.1) is 5.92 Å². The smallest absolute Gasteiger partial charge is 0.271 e. The van der Waals surface area contributed by atoms with Gasteiger partial charge in [0.15, 0.2) is 0 Å². The lowest BCUT2D eigenvalue weighted by molar-refractivity contribution is 0.0619. The van der Waals surface area contributed by atoms with Crippen molar-refractivity contribution in [3.8, 4) is 0 Å². The molecule has 1 aromatic heterocycles. The highest BCUT2D eigenvalue weighted by molar-refractivity contribution is 7.13. The maximum atomic E-state index is 12.9. The third-order valence-corrected chi connectivity index (χ3v) is 7.19. The number of amides is 1. The number of hydrogen-bond donors (Lipinski definition) is 2. The maximum absolute atomic E-state index is 12.9. The van der Waals surface area contributed by atoms with Crippen LogP contribution in [-0.2, 0) is 0 Å². The van der Waals surface area contributed by atoms with Gasteiger partial charge < -0.3 is 20.4 Å². The molecule has 4 aliphatic rings. The van der Waals surface area contributed by atoms with Gasteiger partial charge in [0.2, 0.25) is 0 Å². The van der Waals surface area contributed by atoms with E-state index in [1.807, 2.05) is 0 Å². The van der Waals surface area contributed by atoms with Crippen molar-refractivity contribution in [1.29, 1.82) is 0 Å². The summed E-state index contributed by atoms with van der Waals surface area (Å²) < 4.78 is 5.60. The second kappa shape index (κ2) is 7.04. The van der Waals surface area contributed by atoms with Gasteiger partial charge in [0.1, 0.15) is 5.69 Å². The fraction of sp³-hybridized carbons (Fsp3) is 0.600. The number of piperazine rings is 1. The molecule has 1 aromatic carbocycles. The van der Waals surface area contributed by atoms with Gasteiger partial charge in [-0.3, -0.25) is 4.79 Å². The second-order valence-corrected chi connectivity index (χ2v) is 9.04. The average Bonchev–Trinajstić information content (AvgIpc) is 3.12. The standard InChI is InChI=1S/C20H27N5OS/c1-13-11-25(9-6-21-13)15-2-3-16-18(10-15)27-23-19(16)20(26)22-17-12-24-7-4-14(17)5-8-24/h2-3,10,13-14,17,21H,4-9,11-12H2,1H3,(H,22,26)/t13?,17-/m0/s1. The van der Waals surface area contributed by atoms with Gasteiger partial charge in [0, 0.05) is 49.3 Å². The van der Waals surface area contributed by atoms with E-state index in [0.29, 0.717) is 17.7 Å². The first kappa shape index (κ1) is 17.4. The average molecular weight is 386 g/mol. The second-order valence-electron chi connectivity index (χ2n) is 8.23. The molecule has 4 saturated heterocycles. The van der Waals surface area contributed by atoms with Crippen LogP contribution < -0.4 is 15.5 Å². The molecule has 6 rings (SSSR count). The third kappa shape index (κ3) is 3.32. The predicted octanol–water partition coefficient (Wildman–Crippen LogP) is 1.92. The van der Waals surface area contributed by atoms with Crippen molar-refractivity contribution in [1.82, 2.24) is 19.9 Å². The van der Waals surface area contributed by atoms with Crippen LogP contribution >= 0.6 is 11.5 Å². The van der Waals surface area contributed by atoms with E-state index >= 15 is 0 Å². The normalized spacial score (nSPS) is 30.6. The molecular formula is C20H27N5OS. The molecule has 6 nitrogen and oxygen atoms in total. The van der Waals surface area contributed by atoms with Crippen LogP contribution in [0.2, 0.25) is 0 Å². The highest BCUT2D eigenvalue weighted by atomic mass is 32.1. The van der Waals surface area contributed by atoms with Crippen LogP contribution in [0.3, 0.4) is 0 Å². The minimum atomic E-state index is -0.0106. The molecule has 2 atom stereocenters. The number of nitrogens with zero attached hydrogens (tertiary/aromatic N) is 3. The number of benzene rings is 1. The lowest BCUT2D eigenvalue weighted by Crippen LogP contribution is -2.57. The molecule has 2 bridgehead atoms. The lowest BCUT2D eigenvalue weighted by atomic mass is 9.84. The minimum Gasteiger partial charge on any atom is -0.369 e.